The molecule has 0 unspecified atom stereocenters. The molecule has 1 rings (SSSR count). The van der Waals surface area contributed by atoms with E-state index in [-0.39, 0.29) is 5.41 Å². The van der Waals surface area contributed by atoms with Crippen LogP contribution in [0.2, 0.25) is 0 Å². The largest absolute Gasteiger partial charge is 0.115 e. The maximum Gasteiger partial charge on any atom is 0.0240 e. The zero-order chi connectivity index (χ0) is 8.48. The zero-order valence-electron chi connectivity index (χ0n) is 7.44. The predicted octanol–water partition coefficient (Wildman–Crippen LogP) is 2.92. The standard InChI is InChI=1S/C11H14/c1-5-9-7-6-8-10(9)11(2,3)4/h1,7-8H,6H2,2-4H3. The molecule has 1 aliphatic carbocycles. The lowest BCUT2D eigenvalue weighted by Crippen LogP contribution is -2.09. The van der Waals surface area contributed by atoms with E-state index in [1.165, 1.54) is 5.57 Å². The van der Waals surface area contributed by atoms with Gasteiger partial charge in [-0.05, 0) is 17.4 Å². The van der Waals surface area contributed by atoms with Crippen LogP contribution in [0.5, 0.6) is 0 Å². The fourth-order valence-electron chi connectivity index (χ4n) is 1.36. The van der Waals surface area contributed by atoms with Crippen molar-refractivity contribution in [2.75, 3.05) is 0 Å². The van der Waals surface area contributed by atoms with Crippen LogP contribution in [0.4, 0.5) is 0 Å². The summed E-state index contributed by atoms with van der Waals surface area (Å²) in [5.41, 5.74) is 2.60. The van der Waals surface area contributed by atoms with Gasteiger partial charge in [-0.2, -0.15) is 0 Å². The first kappa shape index (κ1) is 8.14. The van der Waals surface area contributed by atoms with Gasteiger partial charge in [0, 0.05) is 5.57 Å². The lowest BCUT2D eigenvalue weighted by molar-refractivity contribution is 0.514. The van der Waals surface area contributed by atoms with Gasteiger partial charge in [-0.1, -0.05) is 38.8 Å². The van der Waals surface area contributed by atoms with E-state index in [1.807, 2.05) is 0 Å². The van der Waals surface area contributed by atoms with E-state index in [2.05, 4.69) is 38.8 Å². The summed E-state index contributed by atoms with van der Waals surface area (Å²) >= 11 is 0. The number of terminal acetylenes is 1. The minimum absolute atomic E-state index is 0.203. The first-order valence-corrected chi connectivity index (χ1v) is 3.93. The second-order valence-electron chi connectivity index (χ2n) is 3.87. The molecule has 0 heterocycles. The third-order valence-electron chi connectivity index (χ3n) is 1.90. The van der Waals surface area contributed by atoms with Crippen LogP contribution in [0, 0.1) is 17.8 Å². The van der Waals surface area contributed by atoms with Gasteiger partial charge in [-0.3, -0.25) is 0 Å². The van der Waals surface area contributed by atoms with Crippen LogP contribution in [0.25, 0.3) is 0 Å². The number of rotatable bonds is 0. The Labute approximate surface area is 69.0 Å². The molecule has 0 nitrogen and oxygen atoms in total. The van der Waals surface area contributed by atoms with E-state index in [0.717, 1.165) is 12.0 Å². The van der Waals surface area contributed by atoms with Crippen LogP contribution < -0.4 is 0 Å². The normalized spacial score (nSPS) is 17.3. The van der Waals surface area contributed by atoms with Gasteiger partial charge in [0.15, 0.2) is 0 Å². The molecule has 0 aromatic heterocycles. The maximum atomic E-state index is 5.36. The highest BCUT2D eigenvalue weighted by molar-refractivity contribution is 5.50. The van der Waals surface area contributed by atoms with E-state index in [9.17, 15) is 0 Å². The first-order valence-electron chi connectivity index (χ1n) is 3.93. The summed E-state index contributed by atoms with van der Waals surface area (Å²) in [6.07, 6.45) is 10.7. The van der Waals surface area contributed by atoms with E-state index in [1.54, 1.807) is 0 Å². The van der Waals surface area contributed by atoms with Crippen LogP contribution in [0.15, 0.2) is 23.3 Å². The van der Waals surface area contributed by atoms with E-state index in [4.69, 9.17) is 6.42 Å². The highest BCUT2D eigenvalue weighted by Gasteiger charge is 2.21. The molecule has 0 aromatic rings. The molecule has 0 aromatic carbocycles. The minimum atomic E-state index is 0.203. The summed E-state index contributed by atoms with van der Waals surface area (Å²) in [5, 5.41) is 0. The van der Waals surface area contributed by atoms with Crippen molar-refractivity contribution < 1.29 is 0 Å². The quantitative estimate of drug-likeness (QED) is 0.461. The molecule has 0 N–H and O–H groups in total. The van der Waals surface area contributed by atoms with Crippen LogP contribution in [-0.4, -0.2) is 0 Å². The van der Waals surface area contributed by atoms with Gasteiger partial charge in [0.25, 0.3) is 0 Å². The van der Waals surface area contributed by atoms with Crippen molar-refractivity contribution in [2.24, 2.45) is 5.41 Å². The summed E-state index contributed by atoms with van der Waals surface area (Å²) in [6, 6.07) is 0. The van der Waals surface area contributed by atoms with Crippen LogP contribution in [-0.2, 0) is 0 Å². The fourth-order valence-corrected chi connectivity index (χ4v) is 1.36. The van der Waals surface area contributed by atoms with Crippen LogP contribution in [0.1, 0.15) is 27.2 Å². The highest BCUT2D eigenvalue weighted by atomic mass is 14.2. The summed E-state index contributed by atoms with van der Waals surface area (Å²) in [4.78, 5) is 0. The molecule has 58 valence electrons. The van der Waals surface area contributed by atoms with E-state index < -0.39 is 0 Å². The number of hydrogen-bond acceptors (Lipinski definition) is 0. The molecule has 0 fully saturated rings. The van der Waals surface area contributed by atoms with Gasteiger partial charge >= 0.3 is 0 Å². The van der Waals surface area contributed by atoms with E-state index in [0.29, 0.717) is 0 Å². The minimum Gasteiger partial charge on any atom is -0.115 e. The molecule has 0 bridgehead atoms. The number of hydrogen-bond donors (Lipinski definition) is 0. The molecule has 0 saturated carbocycles. The Morgan fingerprint density at radius 3 is 2.36 bits per heavy atom. The molecule has 0 spiro atoms. The van der Waals surface area contributed by atoms with Crippen LogP contribution >= 0.6 is 0 Å². The van der Waals surface area contributed by atoms with Crippen molar-refractivity contribution in [1.82, 2.24) is 0 Å². The van der Waals surface area contributed by atoms with Gasteiger partial charge < -0.3 is 0 Å². The molecule has 0 amide bonds. The molecule has 1 aliphatic rings. The Morgan fingerprint density at radius 1 is 1.36 bits per heavy atom. The maximum absolute atomic E-state index is 5.36. The molecule has 0 saturated heterocycles. The Balaban J connectivity index is 2.94. The molecular formula is C11H14. The smallest absolute Gasteiger partial charge is 0.0240 e. The number of allylic oxidation sites excluding steroid dienone is 4. The van der Waals surface area contributed by atoms with Crippen molar-refractivity contribution in [3.05, 3.63) is 23.3 Å². The molecule has 0 atom stereocenters. The lowest BCUT2D eigenvalue weighted by atomic mass is 9.84. The van der Waals surface area contributed by atoms with Crippen molar-refractivity contribution in [3.63, 3.8) is 0 Å². The van der Waals surface area contributed by atoms with Crippen molar-refractivity contribution >= 4 is 0 Å². The van der Waals surface area contributed by atoms with E-state index >= 15 is 0 Å². The van der Waals surface area contributed by atoms with Gasteiger partial charge in [0.05, 0.1) is 0 Å². The molecule has 11 heavy (non-hydrogen) atoms. The molecule has 0 aliphatic heterocycles. The van der Waals surface area contributed by atoms with Gasteiger partial charge in [0.2, 0.25) is 0 Å². The summed E-state index contributed by atoms with van der Waals surface area (Å²) in [6.45, 7) is 6.57. The molecule has 0 heteroatoms. The monoisotopic (exact) mass is 146 g/mol. The average molecular weight is 146 g/mol. The third-order valence-corrected chi connectivity index (χ3v) is 1.90. The Bertz CT molecular complexity index is 251. The first-order chi connectivity index (χ1) is 5.05. The fraction of sp³-hybridized carbons (Fsp3) is 0.455. The Morgan fingerprint density at radius 2 is 2.00 bits per heavy atom. The van der Waals surface area contributed by atoms with Crippen molar-refractivity contribution in [3.8, 4) is 12.3 Å². The summed E-state index contributed by atoms with van der Waals surface area (Å²) < 4.78 is 0. The Kier molecular flexibility index (Phi) is 1.91. The second-order valence-corrected chi connectivity index (χ2v) is 3.87. The van der Waals surface area contributed by atoms with Gasteiger partial charge in [0.1, 0.15) is 0 Å². The van der Waals surface area contributed by atoms with Crippen molar-refractivity contribution in [1.29, 1.82) is 0 Å². The molecular weight excluding hydrogens is 132 g/mol. The van der Waals surface area contributed by atoms with Gasteiger partial charge in [-0.25, -0.2) is 0 Å². The van der Waals surface area contributed by atoms with Gasteiger partial charge in [-0.15, -0.1) is 6.42 Å². The Hall–Kier alpha value is -0.960. The summed E-state index contributed by atoms with van der Waals surface area (Å²) in [7, 11) is 0. The highest BCUT2D eigenvalue weighted by Crippen LogP contribution is 2.34. The van der Waals surface area contributed by atoms with Crippen LogP contribution in [0.3, 0.4) is 0 Å². The van der Waals surface area contributed by atoms with Crippen molar-refractivity contribution in [2.45, 2.75) is 27.2 Å². The third kappa shape index (κ3) is 1.54. The zero-order valence-corrected chi connectivity index (χ0v) is 7.44. The molecule has 0 radical (unpaired) electrons. The predicted molar refractivity (Wildman–Crippen MR) is 49.1 cm³/mol. The average Bonchev–Trinajstić information content (AvgIpc) is 2.31. The SMILES string of the molecule is C#CC1=CCC=C1C(C)(C)C. The lowest BCUT2D eigenvalue weighted by Gasteiger charge is -2.20. The second kappa shape index (κ2) is 2.58. The summed E-state index contributed by atoms with van der Waals surface area (Å²) in [5.74, 6) is 2.71. The topological polar surface area (TPSA) is 0 Å².